The molecule has 0 spiro atoms. The first-order valence-electron chi connectivity index (χ1n) is 2.98. The molecule has 0 radical (unpaired) electrons. The maximum absolute atomic E-state index is 8.39. The van der Waals surface area contributed by atoms with Crippen molar-refractivity contribution in [1.82, 2.24) is 0 Å². The fourth-order valence-corrected chi connectivity index (χ4v) is 1.50. The van der Waals surface area contributed by atoms with Gasteiger partial charge in [-0.2, -0.15) is 0 Å². The third-order valence-electron chi connectivity index (χ3n) is 1.26. The van der Waals surface area contributed by atoms with Gasteiger partial charge in [-0.15, -0.1) is 0 Å². The van der Waals surface area contributed by atoms with Crippen molar-refractivity contribution in [2.24, 2.45) is 5.16 Å². The zero-order valence-corrected chi connectivity index (χ0v) is 8.86. The molecule has 1 N–H and O–H groups in total. The van der Waals surface area contributed by atoms with E-state index >= 15 is 0 Å². The van der Waals surface area contributed by atoms with Crippen LogP contribution in [0.3, 0.4) is 0 Å². The summed E-state index contributed by atoms with van der Waals surface area (Å²) in [6.45, 7) is 0. The molecule has 0 heterocycles. The Morgan fingerprint density at radius 1 is 1.50 bits per heavy atom. The van der Waals surface area contributed by atoms with Crippen LogP contribution in [0.5, 0.6) is 0 Å². The number of nitrogens with zero attached hydrogens (tertiary/aromatic N) is 1. The molecule has 0 saturated carbocycles. The number of rotatable bonds is 1. The van der Waals surface area contributed by atoms with E-state index in [2.05, 4.69) is 21.1 Å². The summed E-state index contributed by atoms with van der Waals surface area (Å²) in [6.07, 6.45) is 0. The molecule has 0 saturated heterocycles. The summed E-state index contributed by atoms with van der Waals surface area (Å²) in [5.41, 5.74) is 0.496. The maximum Gasteiger partial charge on any atom is 0.176 e. The fourth-order valence-electron chi connectivity index (χ4n) is 0.717. The van der Waals surface area contributed by atoms with Crippen LogP contribution in [0, 0.1) is 0 Å². The van der Waals surface area contributed by atoms with Gasteiger partial charge < -0.3 is 5.21 Å². The third-order valence-corrected chi connectivity index (χ3v) is 2.84. The van der Waals surface area contributed by atoms with Gasteiger partial charge in [0, 0.05) is 10.0 Å². The molecule has 0 aliphatic carbocycles. The molecule has 0 aliphatic heterocycles. The third kappa shape index (κ3) is 1.91. The lowest BCUT2D eigenvalue weighted by Crippen LogP contribution is -1.92. The summed E-state index contributed by atoms with van der Waals surface area (Å²) in [5, 5.41) is 11.6. The average Bonchev–Trinajstić information content (AvgIpc) is 2.08. The molecule has 0 aromatic heterocycles. The average molecular weight is 269 g/mol. The van der Waals surface area contributed by atoms with Gasteiger partial charge in [0.15, 0.2) is 5.17 Å². The highest BCUT2D eigenvalue weighted by atomic mass is 79.9. The molecule has 0 bridgehead atoms. The minimum Gasteiger partial charge on any atom is -0.410 e. The van der Waals surface area contributed by atoms with Crippen LogP contribution in [0.4, 0.5) is 0 Å². The first-order chi connectivity index (χ1) is 5.66. The standard InChI is InChI=1S/C7H4BrCl2NO/c8-5-3-1-2-4(6(5)9)7(10)11-12/h1-3,12H/b11-7+. The fraction of sp³-hybridized carbons (Fsp3) is 0. The molecule has 0 unspecified atom stereocenters. The zero-order valence-electron chi connectivity index (χ0n) is 5.76. The first-order valence-corrected chi connectivity index (χ1v) is 4.53. The van der Waals surface area contributed by atoms with Crippen molar-refractivity contribution in [2.45, 2.75) is 0 Å². The first kappa shape index (κ1) is 9.84. The highest BCUT2D eigenvalue weighted by molar-refractivity contribution is 9.10. The lowest BCUT2D eigenvalue weighted by atomic mass is 10.2. The van der Waals surface area contributed by atoms with Gasteiger partial charge in [0.05, 0.1) is 5.02 Å². The van der Waals surface area contributed by atoms with Crippen molar-refractivity contribution in [3.63, 3.8) is 0 Å². The van der Waals surface area contributed by atoms with E-state index < -0.39 is 0 Å². The van der Waals surface area contributed by atoms with Crippen molar-refractivity contribution >= 4 is 44.3 Å². The van der Waals surface area contributed by atoms with Crippen LogP contribution in [0.15, 0.2) is 27.8 Å². The molecule has 0 amide bonds. The zero-order chi connectivity index (χ0) is 9.14. The smallest absolute Gasteiger partial charge is 0.176 e. The van der Waals surface area contributed by atoms with E-state index in [0.717, 1.165) is 0 Å². The summed E-state index contributed by atoms with van der Waals surface area (Å²) < 4.78 is 0.712. The van der Waals surface area contributed by atoms with Crippen molar-refractivity contribution in [1.29, 1.82) is 0 Å². The van der Waals surface area contributed by atoms with Crippen molar-refractivity contribution in [2.75, 3.05) is 0 Å². The second-order valence-electron chi connectivity index (χ2n) is 1.99. The summed E-state index contributed by atoms with van der Waals surface area (Å²) in [6, 6.07) is 5.18. The Morgan fingerprint density at radius 2 is 2.17 bits per heavy atom. The Kier molecular flexibility index (Phi) is 3.38. The second kappa shape index (κ2) is 4.12. The molecule has 64 valence electrons. The van der Waals surface area contributed by atoms with Crippen molar-refractivity contribution in [3.05, 3.63) is 33.3 Å². The van der Waals surface area contributed by atoms with Gasteiger partial charge in [0.1, 0.15) is 0 Å². The topological polar surface area (TPSA) is 32.6 Å². The molecule has 12 heavy (non-hydrogen) atoms. The van der Waals surface area contributed by atoms with Gasteiger partial charge in [-0.05, 0) is 22.0 Å². The van der Waals surface area contributed by atoms with Crippen LogP contribution in [0.2, 0.25) is 5.02 Å². The Labute approximate surface area is 87.9 Å². The largest absolute Gasteiger partial charge is 0.410 e. The molecule has 0 aliphatic rings. The monoisotopic (exact) mass is 267 g/mol. The van der Waals surface area contributed by atoms with Crippen LogP contribution in [0.25, 0.3) is 0 Å². The summed E-state index contributed by atoms with van der Waals surface area (Å²) >= 11 is 14.6. The van der Waals surface area contributed by atoms with Gasteiger partial charge in [-0.3, -0.25) is 0 Å². The quantitative estimate of drug-likeness (QED) is 0.472. The molecule has 0 atom stereocenters. The lowest BCUT2D eigenvalue weighted by Gasteiger charge is -2.01. The predicted octanol–water partition coefficient (Wildman–Crippen LogP) is 3.48. The lowest BCUT2D eigenvalue weighted by molar-refractivity contribution is 0.321. The highest BCUT2D eigenvalue weighted by Gasteiger charge is 2.07. The molecular formula is C7H4BrCl2NO. The highest BCUT2D eigenvalue weighted by Crippen LogP contribution is 2.27. The molecule has 1 rings (SSSR count). The van der Waals surface area contributed by atoms with Crippen LogP contribution in [-0.4, -0.2) is 10.4 Å². The van der Waals surface area contributed by atoms with Gasteiger partial charge in [-0.25, -0.2) is 0 Å². The van der Waals surface area contributed by atoms with Gasteiger partial charge >= 0.3 is 0 Å². The van der Waals surface area contributed by atoms with E-state index in [9.17, 15) is 0 Å². The Bertz CT molecular complexity index is 327. The molecule has 1 aromatic carbocycles. The predicted molar refractivity (Wildman–Crippen MR) is 53.3 cm³/mol. The Balaban J connectivity index is 3.26. The SMILES string of the molecule is O/N=C(/Cl)c1cccc(Br)c1Cl. The molecule has 1 aromatic rings. The van der Waals surface area contributed by atoms with Crippen LogP contribution in [0.1, 0.15) is 5.56 Å². The Morgan fingerprint density at radius 3 is 2.75 bits per heavy atom. The molecular weight excluding hydrogens is 265 g/mol. The normalized spacial score (nSPS) is 11.8. The molecule has 0 fully saturated rings. The van der Waals surface area contributed by atoms with Crippen LogP contribution < -0.4 is 0 Å². The minimum absolute atomic E-state index is 0.0266. The van der Waals surface area contributed by atoms with E-state index in [4.69, 9.17) is 28.4 Å². The number of hydrogen-bond acceptors (Lipinski definition) is 2. The van der Waals surface area contributed by atoms with E-state index in [1.807, 2.05) is 0 Å². The van der Waals surface area contributed by atoms with E-state index in [-0.39, 0.29) is 5.17 Å². The van der Waals surface area contributed by atoms with Crippen molar-refractivity contribution in [3.8, 4) is 0 Å². The summed E-state index contributed by atoms with van der Waals surface area (Å²) in [7, 11) is 0. The number of benzene rings is 1. The van der Waals surface area contributed by atoms with Crippen LogP contribution >= 0.6 is 39.1 Å². The van der Waals surface area contributed by atoms with Crippen molar-refractivity contribution < 1.29 is 5.21 Å². The Hall–Kier alpha value is -0.250. The number of halogens is 3. The van der Waals surface area contributed by atoms with E-state index in [0.29, 0.717) is 15.1 Å². The maximum atomic E-state index is 8.39. The van der Waals surface area contributed by atoms with E-state index in [1.165, 1.54) is 0 Å². The van der Waals surface area contributed by atoms with E-state index in [1.54, 1.807) is 18.2 Å². The van der Waals surface area contributed by atoms with Gasteiger partial charge in [-0.1, -0.05) is 40.5 Å². The number of hydrogen-bond donors (Lipinski definition) is 1. The van der Waals surface area contributed by atoms with Crippen LogP contribution in [-0.2, 0) is 0 Å². The number of oxime groups is 1. The molecule has 2 nitrogen and oxygen atoms in total. The summed E-state index contributed by atoms with van der Waals surface area (Å²) in [4.78, 5) is 0. The van der Waals surface area contributed by atoms with Gasteiger partial charge in [0.25, 0.3) is 0 Å². The van der Waals surface area contributed by atoms with Gasteiger partial charge in [0.2, 0.25) is 0 Å². The summed E-state index contributed by atoms with van der Waals surface area (Å²) in [5.74, 6) is 0. The molecule has 5 heteroatoms. The minimum atomic E-state index is -0.0266. The second-order valence-corrected chi connectivity index (χ2v) is 3.58.